The second-order valence-electron chi connectivity index (χ2n) is 4.60. The Morgan fingerprint density at radius 1 is 0.833 bits per heavy atom. The lowest BCUT2D eigenvalue weighted by Gasteiger charge is -2.04. The van der Waals surface area contributed by atoms with Crippen LogP contribution >= 0.6 is 0 Å². The van der Waals surface area contributed by atoms with Gasteiger partial charge in [0.2, 0.25) is 0 Å². The molecule has 0 aliphatic rings. The largest absolute Gasteiger partial charge is 0.389 e. The molecule has 1 N–H and O–H groups in total. The van der Waals surface area contributed by atoms with E-state index in [2.05, 4.69) is 4.18 Å². The van der Waals surface area contributed by atoms with Crippen molar-refractivity contribution in [3.63, 3.8) is 0 Å². The summed E-state index contributed by atoms with van der Waals surface area (Å²) in [6.07, 6.45) is -10.5. The molecule has 0 aromatic rings. The molecule has 0 rings (SSSR count). The molecule has 0 radical (unpaired) electrons. The van der Waals surface area contributed by atoms with E-state index < -0.39 is 57.8 Å². The Bertz CT molecular complexity index is 487. The second kappa shape index (κ2) is 10.4. The fourth-order valence-corrected chi connectivity index (χ4v) is 2.08. The maximum Gasteiger partial charge on any atom is 0.389 e. The van der Waals surface area contributed by atoms with Gasteiger partial charge in [-0.2, -0.15) is 43.2 Å². The van der Waals surface area contributed by atoms with E-state index in [0.29, 0.717) is 0 Å². The minimum absolute atomic E-state index is 0.168. The van der Waals surface area contributed by atoms with Crippen LogP contribution in [0.25, 0.3) is 0 Å². The zero-order valence-corrected chi connectivity index (χ0v) is 14.2. The van der Waals surface area contributed by atoms with Gasteiger partial charge in [-0.15, -0.1) is 0 Å². The Hall–Kier alpha value is -0.600. The normalized spacial score (nSPS) is 13.3. The standard InChI is InChI=1S/2C5H9F3O3S/c1-12(9,10)11-4-2-3-5(6,7)8;6-5(7,8)3-1-2-4-12(9,10)11/h2-4H2,1H3;1-4H2,(H,9,10,11). The smallest absolute Gasteiger partial charge is 0.286 e. The summed E-state index contributed by atoms with van der Waals surface area (Å²) in [5, 5.41) is 0. The van der Waals surface area contributed by atoms with E-state index in [4.69, 9.17) is 4.55 Å². The van der Waals surface area contributed by atoms with E-state index in [1.807, 2.05) is 0 Å². The first kappa shape index (κ1) is 25.6. The summed E-state index contributed by atoms with van der Waals surface area (Å²) in [6, 6.07) is 0. The van der Waals surface area contributed by atoms with Gasteiger partial charge in [-0.3, -0.25) is 8.74 Å². The summed E-state index contributed by atoms with van der Waals surface area (Å²) >= 11 is 0. The van der Waals surface area contributed by atoms with Gasteiger partial charge in [0.25, 0.3) is 20.2 Å². The molecule has 0 spiro atoms. The third-order valence-corrected chi connectivity index (χ3v) is 3.41. The molecule has 0 atom stereocenters. The van der Waals surface area contributed by atoms with Crippen LogP contribution in [0.3, 0.4) is 0 Å². The van der Waals surface area contributed by atoms with Crippen molar-refractivity contribution >= 4 is 20.2 Å². The van der Waals surface area contributed by atoms with Crippen LogP contribution in [-0.2, 0) is 24.4 Å². The zero-order valence-electron chi connectivity index (χ0n) is 12.5. The molecule has 0 heterocycles. The first-order chi connectivity index (χ1) is 10.4. The monoisotopic (exact) mass is 412 g/mol. The Morgan fingerprint density at radius 3 is 1.58 bits per heavy atom. The lowest BCUT2D eigenvalue weighted by Crippen LogP contribution is -2.10. The van der Waals surface area contributed by atoms with Gasteiger partial charge in [0, 0.05) is 12.8 Å². The summed E-state index contributed by atoms with van der Waals surface area (Å²) in [6.45, 7) is -0.418. The van der Waals surface area contributed by atoms with Gasteiger partial charge >= 0.3 is 12.4 Å². The summed E-state index contributed by atoms with van der Waals surface area (Å²) in [7, 11) is -7.72. The van der Waals surface area contributed by atoms with Gasteiger partial charge in [0.1, 0.15) is 0 Å². The van der Waals surface area contributed by atoms with Crippen LogP contribution in [0.4, 0.5) is 26.3 Å². The van der Waals surface area contributed by atoms with Crippen LogP contribution in [0.5, 0.6) is 0 Å². The highest BCUT2D eigenvalue weighted by Gasteiger charge is 2.26. The molecule has 0 amide bonds. The average molecular weight is 412 g/mol. The number of hydrogen-bond acceptors (Lipinski definition) is 5. The molecule has 14 heteroatoms. The molecule has 0 unspecified atom stereocenters. The molecule has 0 aromatic carbocycles. The lowest BCUT2D eigenvalue weighted by atomic mass is 10.2. The maximum absolute atomic E-state index is 11.5. The van der Waals surface area contributed by atoms with Crippen molar-refractivity contribution in [2.45, 2.75) is 44.5 Å². The van der Waals surface area contributed by atoms with E-state index in [0.717, 1.165) is 6.26 Å². The van der Waals surface area contributed by atoms with E-state index in [1.54, 1.807) is 0 Å². The number of halogens is 6. The predicted octanol–water partition coefficient (Wildman–Crippen LogP) is 2.91. The SMILES string of the molecule is CS(=O)(=O)OCCCC(F)(F)F.O=S(=O)(O)CCCCC(F)(F)F. The lowest BCUT2D eigenvalue weighted by molar-refractivity contribution is -0.137. The van der Waals surface area contributed by atoms with E-state index >= 15 is 0 Å². The van der Waals surface area contributed by atoms with Gasteiger partial charge in [-0.05, 0) is 19.3 Å². The quantitative estimate of drug-likeness (QED) is 0.285. The molecule has 24 heavy (non-hydrogen) atoms. The topological polar surface area (TPSA) is 97.7 Å². The molecule has 0 aromatic heterocycles. The van der Waals surface area contributed by atoms with Crippen molar-refractivity contribution in [3.8, 4) is 0 Å². The summed E-state index contributed by atoms with van der Waals surface area (Å²) in [5.41, 5.74) is 0. The number of alkyl halides is 6. The first-order valence-electron chi connectivity index (χ1n) is 6.34. The Labute approximate surface area is 136 Å². The van der Waals surface area contributed by atoms with E-state index in [-0.39, 0.29) is 19.3 Å². The van der Waals surface area contributed by atoms with Crippen molar-refractivity contribution in [2.24, 2.45) is 0 Å². The minimum Gasteiger partial charge on any atom is -0.286 e. The van der Waals surface area contributed by atoms with Gasteiger partial charge in [-0.1, -0.05) is 0 Å². The first-order valence-corrected chi connectivity index (χ1v) is 9.77. The fraction of sp³-hybridized carbons (Fsp3) is 1.00. The Kier molecular flexibility index (Phi) is 11.1. The second-order valence-corrected chi connectivity index (χ2v) is 7.82. The molecular weight excluding hydrogens is 394 g/mol. The minimum atomic E-state index is -4.25. The highest BCUT2D eigenvalue weighted by Crippen LogP contribution is 2.22. The molecule has 6 nitrogen and oxygen atoms in total. The zero-order chi connectivity index (χ0) is 19.7. The van der Waals surface area contributed by atoms with Crippen LogP contribution in [0, 0.1) is 0 Å². The molecule has 0 saturated carbocycles. The maximum atomic E-state index is 11.5. The molecule has 0 saturated heterocycles. The summed E-state index contributed by atoms with van der Waals surface area (Å²) < 4.78 is 122. The van der Waals surface area contributed by atoms with Crippen molar-refractivity contribution in [3.05, 3.63) is 0 Å². The Morgan fingerprint density at radius 2 is 1.25 bits per heavy atom. The van der Waals surface area contributed by atoms with Crippen molar-refractivity contribution in [2.75, 3.05) is 18.6 Å². The molecular formula is C10H18F6O6S2. The number of rotatable bonds is 8. The Balaban J connectivity index is 0. The predicted molar refractivity (Wildman–Crippen MR) is 72.4 cm³/mol. The third kappa shape index (κ3) is 29.4. The molecule has 0 aliphatic carbocycles. The van der Waals surface area contributed by atoms with Crippen molar-refractivity contribution in [1.82, 2.24) is 0 Å². The van der Waals surface area contributed by atoms with Crippen molar-refractivity contribution < 1.29 is 51.9 Å². The third-order valence-electron chi connectivity index (χ3n) is 2.01. The fourth-order valence-electron chi connectivity index (χ4n) is 1.09. The van der Waals surface area contributed by atoms with Crippen LogP contribution in [0.1, 0.15) is 32.1 Å². The highest BCUT2D eigenvalue weighted by molar-refractivity contribution is 7.86. The van der Waals surface area contributed by atoms with Gasteiger partial charge in [0.05, 0.1) is 18.6 Å². The van der Waals surface area contributed by atoms with E-state index in [9.17, 15) is 43.2 Å². The molecule has 148 valence electrons. The van der Waals surface area contributed by atoms with Gasteiger partial charge in [0.15, 0.2) is 0 Å². The molecule has 0 aliphatic heterocycles. The highest BCUT2D eigenvalue weighted by atomic mass is 32.2. The summed E-state index contributed by atoms with van der Waals surface area (Å²) in [4.78, 5) is 0. The molecule has 0 fully saturated rings. The van der Waals surface area contributed by atoms with E-state index in [1.165, 1.54) is 0 Å². The van der Waals surface area contributed by atoms with Crippen molar-refractivity contribution in [1.29, 1.82) is 0 Å². The molecule has 0 bridgehead atoms. The van der Waals surface area contributed by atoms with Crippen LogP contribution in [0.2, 0.25) is 0 Å². The summed E-state index contributed by atoms with van der Waals surface area (Å²) in [5.74, 6) is -0.608. The van der Waals surface area contributed by atoms with Gasteiger partial charge in [-0.25, -0.2) is 0 Å². The number of unbranched alkanes of at least 4 members (excludes halogenated alkanes) is 1. The number of hydrogen-bond donors (Lipinski definition) is 1. The average Bonchev–Trinajstić information content (AvgIpc) is 2.27. The van der Waals surface area contributed by atoms with Crippen LogP contribution in [0.15, 0.2) is 0 Å². The van der Waals surface area contributed by atoms with Crippen LogP contribution < -0.4 is 0 Å². The van der Waals surface area contributed by atoms with Crippen LogP contribution in [-0.4, -0.2) is 52.4 Å². The van der Waals surface area contributed by atoms with Gasteiger partial charge < -0.3 is 0 Å².